The van der Waals surface area contributed by atoms with Crippen LogP contribution in [0.15, 0.2) is 52.2 Å². The zero-order valence-corrected chi connectivity index (χ0v) is 17.5. The summed E-state index contributed by atoms with van der Waals surface area (Å²) < 4.78 is 41.0. The van der Waals surface area contributed by atoms with E-state index in [0.29, 0.717) is 17.0 Å². The largest absolute Gasteiger partial charge is 0.497 e. The molecule has 0 saturated heterocycles. The van der Waals surface area contributed by atoms with Crippen LogP contribution in [0, 0.1) is 0 Å². The number of sulfonamides is 1. The monoisotopic (exact) mass is 422 g/mol. The van der Waals surface area contributed by atoms with Crippen molar-refractivity contribution in [1.29, 1.82) is 0 Å². The number of aryl methyl sites for hydroxylation is 1. The molecular weight excluding hydrogens is 400 g/mol. The number of hydrogen-bond acceptors (Lipinski definition) is 6. The summed E-state index contributed by atoms with van der Waals surface area (Å²) in [6.07, 6.45) is 0. The maximum Gasteiger partial charge on any atom is 0.308 e. The van der Waals surface area contributed by atoms with E-state index in [2.05, 4.69) is 4.72 Å². The minimum atomic E-state index is -3.73. The molecule has 2 aromatic carbocycles. The molecule has 0 amide bonds. The van der Waals surface area contributed by atoms with Crippen molar-refractivity contribution in [2.75, 3.05) is 13.7 Å². The summed E-state index contributed by atoms with van der Waals surface area (Å²) in [5.41, 5.74) is 0.743. The molecule has 0 bridgehead atoms. The molecule has 1 atom stereocenters. The lowest BCUT2D eigenvalue weighted by Crippen LogP contribution is -2.36. The van der Waals surface area contributed by atoms with Crippen LogP contribution in [0.2, 0.25) is 0 Å². The molecule has 3 aromatic rings. The van der Waals surface area contributed by atoms with Crippen molar-refractivity contribution in [2.24, 2.45) is 0 Å². The van der Waals surface area contributed by atoms with Gasteiger partial charge in [-0.05, 0) is 56.3 Å². The van der Waals surface area contributed by atoms with Crippen molar-refractivity contribution in [2.45, 2.75) is 31.3 Å². The van der Waals surface area contributed by atoms with Gasteiger partial charge in [-0.1, -0.05) is 11.3 Å². The quantitative estimate of drug-likeness (QED) is 0.603. The average Bonchev–Trinajstić information content (AvgIpc) is 3.00. The summed E-state index contributed by atoms with van der Waals surface area (Å²) in [6.45, 7) is 4.33. The van der Waals surface area contributed by atoms with E-state index < -0.39 is 16.1 Å². The molecule has 7 nitrogen and oxygen atoms in total. The molecule has 0 aliphatic rings. The highest BCUT2D eigenvalue weighted by Gasteiger charge is 2.19. The molecule has 0 fully saturated rings. The van der Waals surface area contributed by atoms with Crippen LogP contribution >= 0.6 is 11.3 Å². The van der Waals surface area contributed by atoms with E-state index in [1.165, 1.54) is 12.1 Å². The number of ether oxygens (including phenoxy) is 2. The van der Waals surface area contributed by atoms with Crippen molar-refractivity contribution >= 4 is 31.6 Å². The Balaban J connectivity index is 1.69. The first-order valence-electron chi connectivity index (χ1n) is 8.76. The van der Waals surface area contributed by atoms with Gasteiger partial charge < -0.3 is 9.47 Å². The number of methoxy groups -OCH3 is 1. The number of hydrogen-bond donors (Lipinski definition) is 1. The summed E-state index contributed by atoms with van der Waals surface area (Å²) >= 11 is 1.04. The molecule has 1 heterocycles. The van der Waals surface area contributed by atoms with Crippen molar-refractivity contribution in [1.82, 2.24) is 9.29 Å². The Kier molecular flexibility index (Phi) is 6.07. The topological polar surface area (TPSA) is 86.6 Å². The summed E-state index contributed by atoms with van der Waals surface area (Å²) in [6, 6.07) is 11.3. The van der Waals surface area contributed by atoms with Gasteiger partial charge in [-0.2, -0.15) is 0 Å². The zero-order chi connectivity index (χ0) is 20.3. The van der Waals surface area contributed by atoms with Crippen LogP contribution in [0.3, 0.4) is 0 Å². The smallest absolute Gasteiger partial charge is 0.308 e. The third-order valence-corrected chi connectivity index (χ3v) is 6.71. The molecule has 3 rings (SSSR count). The highest BCUT2D eigenvalue weighted by Crippen LogP contribution is 2.22. The molecule has 0 aliphatic heterocycles. The second-order valence-electron chi connectivity index (χ2n) is 6.25. The highest BCUT2D eigenvalue weighted by atomic mass is 32.2. The fraction of sp³-hybridized carbons (Fsp3) is 0.316. The third-order valence-electron chi connectivity index (χ3n) is 4.18. The Bertz CT molecular complexity index is 1120. The Morgan fingerprint density at radius 1 is 1.14 bits per heavy atom. The lowest BCUT2D eigenvalue weighted by atomic mass is 10.3. The van der Waals surface area contributed by atoms with Gasteiger partial charge in [0.1, 0.15) is 18.1 Å². The summed E-state index contributed by atoms with van der Waals surface area (Å²) in [7, 11) is -2.15. The second-order valence-corrected chi connectivity index (χ2v) is 8.96. The Morgan fingerprint density at radius 3 is 2.46 bits per heavy atom. The predicted octanol–water partition coefficient (Wildman–Crippen LogP) is 2.84. The fourth-order valence-corrected chi connectivity index (χ4v) is 5.10. The first-order valence-corrected chi connectivity index (χ1v) is 11.1. The Labute approximate surface area is 167 Å². The number of thiazole rings is 1. The van der Waals surface area contributed by atoms with Crippen LogP contribution in [0.5, 0.6) is 11.5 Å². The van der Waals surface area contributed by atoms with Gasteiger partial charge in [0, 0.05) is 6.54 Å². The van der Waals surface area contributed by atoms with E-state index in [0.717, 1.165) is 22.6 Å². The summed E-state index contributed by atoms with van der Waals surface area (Å²) in [4.78, 5) is 12.0. The molecular formula is C19H22N2O5S2. The number of rotatable bonds is 8. The molecule has 150 valence electrons. The van der Waals surface area contributed by atoms with E-state index in [1.807, 2.05) is 6.92 Å². The van der Waals surface area contributed by atoms with Gasteiger partial charge in [-0.15, -0.1) is 0 Å². The van der Waals surface area contributed by atoms with Crippen LogP contribution in [-0.2, 0) is 16.6 Å². The van der Waals surface area contributed by atoms with Gasteiger partial charge in [0.2, 0.25) is 10.0 Å². The van der Waals surface area contributed by atoms with Crippen molar-refractivity contribution in [3.63, 3.8) is 0 Å². The number of benzene rings is 2. The molecule has 0 spiro atoms. The molecule has 0 aliphatic carbocycles. The SMILES string of the molecule is CCn1c(=O)sc2cc(S(=O)(=O)N[C@H](C)COc3ccc(OC)cc3)ccc21. The molecule has 0 radical (unpaired) electrons. The maximum atomic E-state index is 12.7. The van der Waals surface area contributed by atoms with Crippen LogP contribution in [-0.4, -0.2) is 32.7 Å². The van der Waals surface area contributed by atoms with E-state index in [9.17, 15) is 13.2 Å². The molecule has 1 aromatic heterocycles. The molecule has 0 unspecified atom stereocenters. The Hall–Kier alpha value is -2.36. The summed E-state index contributed by atoms with van der Waals surface area (Å²) in [5.74, 6) is 1.34. The van der Waals surface area contributed by atoms with Gasteiger partial charge in [0.15, 0.2) is 0 Å². The lowest BCUT2D eigenvalue weighted by Gasteiger charge is -2.15. The second kappa shape index (κ2) is 8.34. The number of fused-ring (bicyclic) bond motifs is 1. The summed E-state index contributed by atoms with van der Waals surface area (Å²) in [5, 5.41) is 0. The molecule has 9 heteroatoms. The van der Waals surface area contributed by atoms with Crippen molar-refractivity contribution < 1.29 is 17.9 Å². The van der Waals surface area contributed by atoms with E-state index >= 15 is 0 Å². The minimum absolute atomic E-state index is 0.0960. The normalized spacial score (nSPS) is 12.8. The minimum Gasteiger partial charge on any atom is -0.497 e. The predicted molar refractivity (Wildman–Crippen MR) is 110 cm³/mol. The Morgan fingerprint density at radius 2 is 1.82 bits per heavy atom. The van der Waals surface area contributed by atoms with Crippen molar-refractivity contribution in [3.05, 3.63) is 52.1 Å². The van der Waals surface area contributed by atoms with E-state index in [4.69, 9.17) is 9.47 Å². The molecule has 28 heavy (non-hydrogen) atoms. The van der Waals surface area contributed by atoms with Crippen LogP contribution in [0.4, 0.5) is 0 Å². The number of nitrogens with zero attached hydrogens (tertiary/aromatic N) is 1. The van der Waals surface area contributed by atoms with Crippen LogP contribution in [0.25, 0.3) is 10.2 Å². The highest BCUT2D eigenvalue weighted by molar-refractivity contribution is 7.89. The van der Waals surface area contributed by atoms with Crippen LogP contribution < -0.4 is 19.1 Å². The van der Waals surface area contributed by atoms with E-state index in [1.54, 1.807) is 48.9 Å². The zero-order valence-electron chi connectivity index (χ0n) is 15.8. The third kappa shape index (κ3) is 4.37. The number of nitrogens with one attached hydrogen (secondary N) is 1. The molecule has 0 saturated carbocycles. The van der Waals surface area contributed by atoms with Gasteiger partial charge in [-0.25, -0.2) is 13.1 Å². The first-order chi connectivity index (χ1) is 13.3. The van der Waals surface area contributed by atoms with Crippen molar-refractivity contribution in [3.8, 4) is 11.5 Å². The van der Waals surface area contributed by atoms with E-state index in [-0.39, 0.29) is 16.4 Å². The average molecular weight is 423 g/mol. The fourth-order valence-electron chi connectivity index (χ4n) is 2.77. The van der Waals surface area contributed by atoms with Gasteiger partial charge >= 0.3 is 4.87 Å². The van der Waals surface area contributed by atoms with Gasteiger partial charge in [-0.3, -0.25) is 9.36 Å². The van der Waals surface area contributed by atoms with Crippen LogP contribution in [0.1, 0.15) is 13.8 Å². The molecule has 1 N–H and O–H groups in total. The van der Waals surface area contributed by atoms with Gasteiger partial charge in [0.25, 0.3) is 0 Å². The number of aromatic nitrogens is 1. The standard InChI is InChI=1S/C19H22N2O5S2/c1-4-21-17-10-9-16(11-18(17)27-19(21)22)28(23,24)20-13(2)12-26-15-7-5-14(25-3)6-8-15/h5-11,13,20H,4,12H2,1-3H3/t13-/m1/s1. The first kappa shape index (κ1) is 20.4. The maximum absolute atomic E-state index is 12.7. The van der Waals surface area contributed by atoms with Gasteiger partial charge in [0.05, 0.1) is 28.3 Å². The lowest BCUT2D eigenvalue weighted by molar-refractivity contribution is 0.287.